The van der Waals surface area contributed by atoms with Crippen LogP contribution < -0.4 is 10.9 Å². The number of carbonyl (C=O) groups is 2. The molecular weight excluding hydrogens is 266 g/mol. The standard InChI is InChI=1S/C12H15N3O5/c1-5-8(10(17)14-7(4-16)12(19)20)11(18)15-9(13-5)6-2-3-6/h6-7,16H,2-4H2,1H3,(H,14,17)(H,19,20)(H,13,15,18)/t7-/m1/s1. The molecule has 0 unspecified atom stereocenters. The predicted octanol–water partition coefficient (Wildman–Crippen LogP) is -0.869. The Labute approximate surface area is 113 Å². The molecule has 0 spiro atoms. The molecule has 1 fully saturated rings. The van der Waals surface area contributed by atoms with E-state index < -0.39 is 30.1 Å². The van der Waals surface area contributed by atoms with Gasteiger partial charge in [0.15, 0.2) is 6.04 Å². The van der Waals surface area contributed by atoms with Crippen LogP contribution >= 0.6 is 0 Å². The van der Waals surface area contributed by atoms with Crippen LogP contribution in [0.4, 0.5) is 0 Å². The molecule has 108 valence electrons. The SMILES string of the molecule is Cc1nc(C2CC2)[nH]c(=O)c1C(=O)N[C@H](CO)C(=O)O. The van der Waals surface area contributed by atoms with Crippen molar-refractivity contribution in [1.82, 2.24) is 15.3 Å². The molecule has 0 bridgehead atoms. The van der Waals surface area contributed by atoms with Crippen LogP contribution in [0.15, 0.2) is 4.79 Å². The highest BCUT2D eigenvalue weighted by molar-refractivity contribution is 5.97. The van der Waals surface area contributed by atoms with Gasteiger partial charge in [-0.05, 0) is 19.8 Å². The zero-order chi connectivity index (χ0) is 14.9. The molecular formula is C12H15N3O5. The van der Waals surface area contributed by atoms with Gasteiger partial charge in [0.1, 0.15) is 11.4 Å². The number of aliphatic hydroxyl groups excluding tert-OH is 1. The van der Waals surface area contributed by atoms with Crippen LogP contribution in [-0.2, 0) is 4.79 Å². The highest BCUT2D eigenvalue weighted by atomic mass is 16.4. The minimum absolute atomic E-state index is 0.228. The number of amides is 1. The highest BCUT2D eigenvalue weighted by Crippen LogP contribution is 2.37. The second-order valence-electron chi connectivity index (χ2n) is 4.73. The fourth-order valence-corrected chi connectivity index (χ4v) is 1.84. The first-order valence-electron chi connectivity index (χ1n) is 6.19. The number of aromatic nitrogens is 2. The Balaban J connectivity index is 2.25. The van der Waals surface area contributed by atoms with Crippen molar-refractivity contribution in [2.45, 2.75) is 31.7 Å². The van der Waals surface area contributed by atoms with Crippen molar-refractivity contribution < 1.29 is 19.8 Å². The van der Waals surface area contributed by atoms with E-state index in [1.807, 2.05) is 0 Å². The van der Waals surface area contributed by atoms with Crippen molar-refractivity contribution in [3.8, 4) is 0 Å². The van der Waals surface area contributed by atoms with E-state index in [2.05, 4.69) is 15.3 Å². The van der Waals surface area contributed by atoms with Crippen LogP contribution in [0.3, 0.4) is 0 Å². The summed E-state index contributed by atoms with van der Waals surface area (Å²) in [5, 5.41) is 19.7. The number of carbonyl (C=O) groups excluding carboxylic acids is 1. The van der Waals surface area contributed by atoms with Crippen LogP contribution in [-0.4, -0.2) is 44.7 Å². The first kappa shape index (κ1) is 14.2. The van der Waals surface area contributed by atoms with Gasteiger partial charge in [0, 0.05) is 5.92 Å². The fourth-order valence-electron chi connectivity index (χ4n) is 1.84. The molecule has 1 atom stereocenters. The number of carboxylic acid groups (broad SMARTS) is 1. The summed E-state index contributed by atoms with van der Waals surface area (Å²) in [6.07, 6.45) is 1.92. The third kappa shape index (κ3) is 2.85. The predicted molar refractivity (Wildman–Crippen MR) is 67.5 cm³/mol. The molecule has 1 aliphatic rings. The van der Waals surface area contributed by atoms with E-state index in [-0.39, 0.29) is 17.2 Å². The van der Waals surface area contributed by atoms with Crippen molar-refractivity contribution in [2.24, 2.45) is 0 Å². The zero-order valence-electron chi connectivity index (χ0n) is 10.8. The van der Waals surface area contributed by atoms with Crippen LogP contribution in [0.2, 0.25) is 0 Å². The highest BCUT2D eigenvalue weighted by Gasteiger charge is 2.29. The number of carboxylic acids is 1. The van der Waals surface area contributed by atoms with E-state index in [0.29, 0.717) is 5.82 Å². The normalized spacial score (nSPS) is 15.7. The zero-order valence-corrected chi connectivity index (χ0v) is 10.8. The summed E-state index contributed by atoms with van der Waals surface area (Å²) < 4.78 is 0. The van der Waals surface area contributed by atoms with Gasteiger partial charge in [-0.25, -0.2) is 9.78 Å². The summed E-state index contributed by atoms with van der Waals surface area (Å²) in [7, 11) is 0. The lowest BCUT2D eigenvalue weighted by molar-refractivity contribution is -0.140. The quantitative estimate of drug-likeness (QED) is 0.554. The number of nitrogens with one attached hydrogen (secondary N) is 2. The van der Waals surface area contributed by atoms with Crippen LogP contribution in [0.5, 0.6) is 0 Å². The van der Waals surface area contributed by atoms with Gasteiger partial charge < -0.3 is 20.5 Å². The Morgan fingerprint density at radius 2 is 2.15 bits per heavy atom. The van der Waals surface area contributed by atoms with E-state index in [4.69, 9.17) is 10.2 Å². The summed E-state index contributed by atoms with van der Waals surface area (Å²) in [5.74, 6) is -1.44. The molecule has 0 aliphatic heterocycles. The van der Waals surface area contributed by atoms with E-state index in [1.54, 1.807) is 0 Å². The molecule has 4 N–H and O–H groups in total. The molecule has 0 saturated heterocycles. The summed E-state index contributed by atoms with van der Waals surface area (Å²) in [6, 6.07) is -1.45. The number of hydrogen-bond donors (Lipinski definition) is 4. The van der Waals surface area contributed by atoms with Gasteiger partial charge in [0.2, 0.25) is 0 Å². The Morgan fingerprint density at radius 3 is 2.60 bits per heavy atom. The molecule has 1 heterocycles. The third-order valence-corrected chi connectivity index (χ3v) is 3.10. The molecule has 8 heteroatoms. The molecule has 1 saturated carbocycles. The van der Waals surface area contributed by atoms with E-state index in [1.165, 1.54) is 6.92 Å². The van der Waals surface area contributed by atoms with Crippen molar-refractivity contribution in [3.05, 3.63) is 27.4 Å². The lowest BCUT2D eigenvalue weighted by atomic mass is 10.2. The summed E-state index contributed by atoms with van der Waals surface area (Å²) in [6.45, 7) is 0.760. The van der Waals surface area contributed by atoms with Crippen molar-refractivity contribution in [1.29, 1.82) is 0 Å². The number of aryl methyl sites for hydroxylation is 1. The molecule has 8 nitrogen and oxygen atoms in total. The maximum atomic E-state index is 11.9. The van der Waals surface area contributed by atoms with Gasteiger partial charge in [-0.2, -0.15) is 0 Å². The molecule has 20 heavy (non-hydrogen) atoms. The number of nitrogens with zero attached hydrogens (tertiary/aromatic N) is 1. The summed E-state index contributed by atoms with van der Waals surface area (Å²) in [4.78, 5) is 41.3. The van der Waals surface area contributed by atoms with E-state index in [9.17, 15) is 14.4 Å². The van der Waals surface area contributed by atoms with Crippen molar-refractivity contribution in [3.63, 3.8) is 0 Å². The molecule has 1 amide bonds. The number of aliphatic carboxylic acids is 1. The topological polar surface area (TPSA) is 132 Å². The molecule has 1 aromatic heterocycles. The monoisotopic (exact) mass is 281 g/mol. The largest absolute Gasteiger partial charge is 0.480 e. The Morgan fingerprint density at radius 1 is 1.50 bits per heavy atom. The Hall–Kier alpha value is -2.22. The lowest BCUT2D eigenvalue weighted by Crippen LogP contribution is -2.45. The fraction of sp³-hybridized carbons (Fsp3) is 0.500. The molecule has 0 aromatic carbocycles. The van der Waals surface area contributed by atoms with Crippen LogP contribution in [0.1, 0.15) is 40.6 Å². The van der Waals surface area contributed by atoms with Crippen molar-refractivity contribution in [2.75, 3.05) is 6.61 Å². The van der Waals surface area contributed by atoms with E-state index >= 15 is 0 Å². The van der Waals surface area contributed by atoms with Gasteiger partial charge in [-0.1, -0.05) is 0 Å². The first-order chi connectivity index (χ1) is 9.43. The number of rotatable bonds is 5. The van der Waals surface area contributed by atoms with Gasteiger partial charge in [-0.3, -0.25) is 9.59 Å². The molecule has 1 aromatic rings. The smallest absolute Gasteiger partial charge is 0.328 e. The average molecular weight is 281 g/mol. The van der Waals surface area contributed by atoms with Gasteiger partial charge in [0.05, 0.1) is 12.3 Å². The Kier molecular flexibility index (Phi) is 3.84. The summed E-state index contributed by atoms with van der Waals surface area (Å²) in [5.41, 5.74) is -0.580. The minimum Gasteiger partial charge on any atom is -0.480 e. The molecule has 1 aliphatic carbocycles. The summed E-state index contributed by atoms with van der Waals surface area (Å²) >= 11 is 0. The van der Waals surface area contributed by atoms with Gasteiger partial charge >= 0.3 is 5.97 Å². The number of hydrogen-bond acceptors (Lipinski definition) is 5. The maximum Gasteiger partial charge on any atom is 0.328 e. The number of aliphatic hydroxyl groups is 1. The third-order valence-electron chi connectivity index (χ3n) is 3.10. The maximum absolute atomic E-state index is 11.9. The van der Waals surface area contributed by atoms with E-state index in [0.717, 1.165) is 12.8 Å². The second-order valence-corrected chi connectivity index (χ2v) is 4.73. The number of aromatic amines is 1. The second kappa shape index (κ2) is 5.41. The van der Waals surface area contributed by atoms with Gasteiger partial charge in [0.25, 0.3) is 11.5 Å². The number of H-pyrrole nitrogens is 1. The van der Waals surface area contributed by atoms with Crippen LogP contribution in [0.25, 0.3) is 0 Å². The van der Waals surface area contributed by atoms with Gasteiger partial charge in [-0.15, -0.1) is 0 Å². The average Bonchev–Trinajstić information content (AvgIpc) is 3.18. The Bertz CT molecular complexity index is 606. The minimum atomic E-state index is -1.45. The molecule has 0 radical (unpaired) electrons. The molecule has 2 rings (SSSR count). The van der Waals surface area contributed by atoms with Crippen molar-refractivity contribution >= 4 is 11.9 Å². The van der Waals surface area contributed by atoms with Crippen LogP contribution in [0, 0.1) is 6.92 Å². The lowest BCUT2D eigenvalue weighted by Gasteiger charge is -2.12. The first-order valence-corrected chi connectivity index (χ1v) is 6.19.